The van der Waals surface area contributed by atoms with Crippen LogP contribution < -0.4 is 15.4 Å². The smallest absolute Gasteiger partial charge is 0.238 e. The van der Waals surface area contributed by atoms with Crippen molar-refractivity contribution < 1.29 is 29.9 Å². The van der Waals surface area contributed by atoms with Crippen LogP contribution in [0.4, 0.5) is 0 Å². The van der Waals surface area contributed by atoms with Crippen molar-refractivity contribution in [3.8, 4) is 5.88 Å². The van der Waals surface area contributed by atoms with E-state index in [0.29, 0.717) is 6.42 Å². The van der Waals surface area contributed by atoms with Crippen molar-refractivity contribution in [1.29, 1.82) is 0 Å². The van der Waals surface area contributed by atoms with Crippen molar-refractivity contribution in [1.82, 2.24) is 20.8 Å². The SMILES string of the molecule is CNCCCNCC/C=C/c1ccc(Cc2c(O[C@@H]3O[C@H](CO)[C@@H](O)[C@H](O)[C@H]3O)n[nH]c2C(C)C)c(C)c1. The van der Waals surface area contributed by atoms with Gasteiger partial charge >= 0.3 is 0 Å². The molecule has 1 aromatic heterocycles. The maximum Gasteiger partial charge on any atom is 0.238 e. The zero-order chi connectivity index (χ0) is 27.7. The number of ether oxygens (including phenoxy) is 2. The molecule has 10 nitrogen and oxygen atoms in total. The number of aryl methyl sites for hydroxylation is 1. The van der Waals surface area contributed by atoms with Crippen molar-refractivity contribution in [2.45, 2.75) is 76.7 Å². The van der Waals surface area contributed by atoms with Gasteiger partial charge in [0.1, 0.15) is 24.4 Å². The fourth-order valence-electron chi connectivity index (χ4n) is 4.51. The van der Waals surface area contributed by atoms with E-state index in [9.17, 15) is 20.4 Å². The Morgan fingerprint density at radius 1 is 1.13 bits per heavy atom. The molecule has 1 fully saturated rings. The van der Waals surface area contributed by atoms with E-state index >= 15 is 0 Å². The number of aromatic amines is 1. The fraction of sp³-hybridized carbons (Fsp3) is 0.607. The van der Waals surface area contributed by atoms with Gasteiger partial charge in [-0.05, 0) is 69.1 Å². The summed E-state index contributed by atoms with van der Waals surface area (Å²) in [7, 11) is 1.96. The molecule has 2 aromatic rings. The lowest BCUT2D eigenvalue weighted by Gasteiger charge is -2.39. The topological polar surface area (TPSA) is 152 Å². The minimum atomic E-state index is -1.52. The largest absolute Gasteiger partial charge is 0.443 e. The molecule has 10 heteroatoms. The molecule has 1 aliphatic rings. The number of hydrogen-bond acceptors (Lipinski definition) is 9. The van der Waals surface area contributed by atoms with Crippen LogP contribution in [0.3, 0.4) is 0 Å². The second kappa shape index (κ2) is 14.7. The predicted octanol–water partition coefficient (Wildman–Crippen LogP) is 1.21. The van der Waals surface area contributed by atoms with Gasteiger partial charge in [-0.15, -0.1) is 5.10 Å². The third-order valence-electron chi connectivity index (χ3n) is 6.83. The summed E-state index contributed by atoms with van der Waals surface area (Å²) in [6, 6.07) is 6.34. The lowest BCUT2D eigenvalue weighted by atomic mass is 9.95. The van der Waals surface area contributed by atoms with Gasteiger partial charge in [0, 0.05) is 17.7 Å². The van der Waals surface area contributed by atoms with Gasteiger partial charge in [0.05, 0.1) is 6.61 Å². The van der Waals surface area contributed by atoms with Crippen LogP contribution in [-0.2, 0) is 11.2 Å². The summed E-state index contributed by atoms with van der Waals surface area (Å²) >= 11 is 0. The number of aliphatic hydroxyl groups is 4. The molecule has 212 valence electrons. The molecular weight excluding hydrogens is 488 g/mol. The van der Waals surface area contributed by atoms with Gasteiger partial charge < -0.3 is 40.5 Å². The van der Waals surface area contributed by atoms with Crippen molar-refractivity contribution in [3.63, 3.8) is 0 Å². The summed E-state index contributed by atoms with van der Waals surface area (Å²) in [5, 5.41) is 54.0. The number of aliphatic hydroxyl groups excluding tert-OH is 4. The molecule has 0 aliphatic carbocycles. The molecule has 0 radical (unpaired) electrons. The van der Waals surface area contributed by atoms with Crippen LogP contribution in [-0.4, -0.2) is 94.6 Å². The van der Waals surface area contributed by atoms with E-state index < -0.39 is 37.3 Å². The first-order chi connectivity index (χ1) is 18.3. The van der Waals surface area contributed by atoms with Crippen molar-refractivity contribution in [2.75, 3.05) is 33.3 Å². The number of hydrogen-bond donors (Lipinski definition) is 7. The molecule has 0 spiro atoms. The van der Waals surface area contributed by atoms with Crippen LogP contribution in [0.5, 0.6) is 5.88 Å². The molecule has 0 amide bonds. The lowest BCUT2D eigenvalue weighted by molar-refractivity contribution is -0.278. The van der Waals surface area contributed by atoms with Gasteiger partial charge in [-0.3, -0.25) is 5.10 Å². The van der Waals surface area contributed by atoms with Crippen LogP contribution in [0.15, 0.2) is 24.3 Å². The Morgan fingerprint density at radius 2 is 1.92 bits per heavy atom. The molecule has 0 saturated carbocycles. The minimum absolute atomic E-state index is 0.138. The maximum atomic E-state index is 10.4. The molecule has 1 aromatic carbocycles. The Kier molecular flexibility index (Phi) is 11.7. The number of nitrogens with zero attached hydrogens (tertiary/aromatic N) is 1. The number of H-pyrrole nitrogens is 1. The van der Waals surface area contributed by atoms with E-state index in [1.54, 1.807) is 0 Å². The van der Waals surface area contributed by atoms with E-state index in [-0.39, 0.29) is 11.8 Å². The van der Waals surface area contributed by atoms with Crippen LogP contribution in [0, 0.1) is 6.92 Å². The Morgan fingerprint density at radius 3 is 2.61 bits per heavy atom. The molecule has 2 heterocycles. The molecule has 5 atom stereocenters. The zero-order valence-corrected chi connectivity index (χ0v) is 22.9. The first kappa shape index (κ1) is 30.2. The second-order valence-corrected chi connectivity index (χ2v) is 10.2. The second-order valence-electron chi connectivity index (χ2n) is 10.2. The standard InChI is InChI=1S/C28H44N4O6/c1-17(2)23-21(27(32-31-23)38-28-26(36)25(35)24(34)22(16-33)37-28)15-20-10-9-19(14-18(20)3)8-5-6-12-30-13-7-11-29-4/h5,8-10,14,17,22,24-26,28-30,33-36H,6-7,11-13,15-16H2,1-4H3,(H,31,32)/b8-5+/t22-,24-,25+,26-,28+/m1/s1. The van der Waals surface area contributed by atoms with E-state index in [0.717, 1.165) is 60.4 Å². The van der Waals surface area contributed by atoms with Crippen LogP contribution in [0.25, 0.3) is 6.08 Å². The monoisotopic (exact) mass is 532 g/mol. The zero-order valence-electron chi connectivity index (χ0n) is 22.9. The van der Waals surface area contributed by atoms with E-state index in [4.69, 9.17) is 9.47 Å². The van der Waals surface area contributed by atoms with E-state index in [1.165, 1.54) is 0 Å². The average Bonchev–Trinajstić information content (AvgIpc) is 3.29. The van der Waals surface area contributed by atoms with E-state index in [2.05, 4.69) is 58.1 Å². The van der Waals surface area contributed by atoms with Crippen LogP contribution in [0.2, 0.25) is 0 Å². The van der Waals surface area contributed by atoms with Crippen LogP contribution >= 0.6 is 0 Å². The number of nitrogens with one attached hydrogen (secondary N) is 3. The van der Waals surface area contributed by atoms with Crippen LogP contribution in [0.1, 0.15) is 60.6 Å². The van der Waals surface area contributed by atoms with Gasteiger partial charge in [0.2, 0.25) is 12.2 Å². The summed E-state index contributed by atoms with van der Waals surface area (Å²) in [6.45, 7) is 8.62. The molecule has 1 saturated heterocycles. The van der Waals surface area contributed by atoms with Gasteiger partial charge in [0.15, 0.2) is 0 Å². The highest BCUT2D eigenvalue weighted by molar-refractivity contribution is 5.52. The van der Waals surface area contributed by atoms with Gasteiger partial charge in [-0.1, -0.05) is 44.2 Å². The highest BCUT2D eigenvalue weighted by Crippen LogP contribution is 2.32. The number of benzene rings is 1. The first-order valence-corrected chi connectivity index (χ1v) is 13.4. The normalized spacial score (nSPS) is 24.0. The molecule has 1 aliphatic heterocycles. The Hall–Kier alpha value is -2.31. The summed E-state index contributed by atoms with van der Waals surface area (Å²) in [4.78, 5) is 0. The minimum Gasteiger partial charge on any atom is -0.443 e. The molecular formula is C28H44N4O6. The molecule has 38 heavy (non-hydrogen) atoms. The third kappa shape index (κ3) is 7.86. The van der Waals surface area contributed by atoms with Crippen molar-refractivity contribution in [2.24, 2.45) is 0 Å². The highest BCUT2D eigenvalue weighted by atomic mass is 16.7. The maximum absolute atomic E-state index is 10.4. The molecule has 0 unspecified atom stereocenters. The first-order valence-electron chi connectivity index (χ1n) is 13.4. The lowest BCUT2D eigenvalue weighted by Crippen LogP contribution is -2.60. The Labute approximate surface area is 225 Å². The van der Waals surface area contributed by atoms with Gasteiger partial charge in [-0.2, -0.15) is 0 Å². The van der Waals surface area contributed by atoms with Gasteiger partial charge in [0.25, 0.3) is 0 Å². The molecule has 3 rings (SSSR count). The Balaban J connectivity index is 1.69. The fourth-order valence-corrected chi connectivity index (χ4v) is 4.51. The van der Waals surface area contributed by atoms with Crippen molar-refractivity contribution >= 4 is 6.08 Å². The number of rotatable bonds is 14. The quantitative estimate of drug-likeness (QED) is 0.178. The van der Waals surface area contributed by atoms with E-state index in [1.807, 2.05) is 20.9 Å². The Bertz CT molecular complexity index is 1020. The summed E-state index contributed by atoms with van der Waals surface area (Å²) in [6.07, 6.45) is 0.123. The van der Waals surface area contributed by atoms with Crippen molar-refractivity contribution in [3.05, 3.63) is 52.2 Å². The molecule has 0 bridgehead atoms. The molecule has 7 N–H and O–H groups in total. The summed E-state index contributed by atoms with van der Waals surface area (Å²) < 4.78 is 11.4. The number of aromatic nitrogens is 2. The third-order valence-corrected chi connectivity index (χ3v) is 6.83. The average molecular weight is 533 g/mol. The highest BCUT2D eigenvalue weighted by Gasteiger charge is 2.45. The summed E-state index contributed by atoms with van der Waals surface area (Å²) in [5.41, 5.74) is 5.10. The predicted molar refractivity (Wildman–Crippen MR) is 146 cm³/mol. The van der Waals surface area contributed by atoms with Gasteiger partial charge in [-0.25, -0.2) is 0 Å². The summed E-state index contributed by atoms with van der Waals surface area (Å²) in [5.74, 6) is 0.391.